The van der Waals surface area contributed by atoms with Gasteiger partial charge in [-0.1, -0.05) is 18.2 Å². The van der Waals surface area contributed by atoms with Crippen molar-refractivity contribution in [2.45, 2.75) is 26.8 Å². The summed E-state index contributed by atoms with van der Waals surface area (Å²) in [5.41, 5.74) is 2.28. The van der Waals surface area contributed by atoms with Crippen molar-refractivity contribution < 1.29 is 14.0 Å². The Morgan fingerprint density at radius 1 is 1.13 bits per heavy atom. The van der Waals surface area contributed by atoms with E-state index in [1.165, 1.54) is 13.0 Å². The molecule has 2 aromatic carbocycles. The van der Waals surface area contributed by atoms with Gasteiger partial charge in [0.1, 0.15) is 5.82 Å². The lowest BCUT2D eigenvalue weighted by molar-refractivity contribution is -0.114. The monoisotopic (exact) mass is 314 g/mol. The molecule has 0 aliphatic carbocycles. The molecule has 0 aliphatic rings. The molecule has 0 aliphatic heterocycles. The number of aryl methyl sites for hydroxylation is 1. The molecule has 4 nitrogen and oxygen atoms in total. The van der Waals surface area contributed by atoms with Crippen molar-refractivity contribution in [3.63, 3.8) is 0 Å². The van der Waals surface area contributed by atoms with Crippen LogP contribution in [0.2, 0.25) is 0 Å². The number of hydrogen-bond donors (Lipinski definition) is 2. The van der Waals surface area contributed by atoms with Gasteiger partial charge in [0.2, 0.25) is 5.91 Å². The predicted octanol–water partition coefficient (Wildman–Crippen LogP) is 3.58. The first kappa shape index (κ1) is 16.7. The van der Waals surface area contributed by atoms with Crippen LogP contribution in [0.3, 0.4) is 0 Å². The first-order valence-corrected chi connectivity index (χ1v) is 7.31. The number of carbonyl (C=O) groups is 2. The van der Waals surface area contributed by atoms with E-state index in [2.05, 4.69) is 10.6 Å². The zero-order valence-electron chi connectivity index (χ0n) is 13.3. The van der Waals surface area contributed by atoms with Gasteiger partial charge in [-0.25, -0.2) is 4.39 Å². The third-order valence-corrected chi connectivity index (χ3v) is 3.49. The van der Waals surface area contributed by atoms with Crippen LogP contribution in [0, 0.1) is 12.7 Å². The van der Waals surface area contributed by atoms with E-state index in [9.17, 15) is 14.0 Å². The number of amides is 2. The van der Waals surface area contributed by atoms with Crippen molar-refractivity contribution in [2.75, 3.05) is 5.32 Å². The SMILES string of the molecule is CC(=O)Nc1cccc([C@@H](C)NC(=O)c2ccc(C)c(F)c2)c1. The van der Waals surface area contributed by atoms with Crippen LogP contribution >= 0.6 is 0 Å². The predicted molar refractivity (Wildman–Crippen MR) is 87.8 cm³/mol. The zero-order chi connectivity index (χ0) is 17.0. The van der Waals surface area contributed by atoms with Gasteiger partial charge in [-0.05, 0) is 49.2 Å². The average molecular weight is 314 g/mol. The summed E-state index contributed by atoms with van der Waals surface area (Å²) in [6.45, 7) is 4.91. The maximum atomic E-state index is 13.6. The van der Waals surface area contributed by atoms with Crippen LogP contribution in [0.25, 0.3) is 0 Å². The molecular weight excluding hydrogens is 295 g/mol. The normalized spacial score (nSPS) is 11.7. The molecule has 0 aromatic heterocycles. The summed E-state index contributed by atoms with van der Waals surface area (Å²) >= 11 is 0. The Bertz CT molecular complexity index is 744. The topological polar surface area (TPSA) is 58.2 Å². The Labute approximate surface area is 134 Å². The standard InChI is InChI=1S/C18H19FN2O2/c1-11-7-8-15(10-17(11)19)18(23)20-12(2)14-5-4-6-16(9-14)21-13(3)22/h4-10,12H,1-3H3,(H,20,23)(H,21,22)/t12-/m1/s1. The van der Waals surface area contributed by atoms with Crippen LogP contribution in [-0.4, -0.2) is 11.8 Å². The van der Waals surface area contributed by atoms with Crippen LogP contribution < -0.4 is 10.6 Å². The van der Waals surface area contributed by atoms with Gasteiger partial charge in [-0.2, -0.15) is 0 Å². The lowest BCUT2D eigenvalue weighted by Crippen LogP contribution is -2.26. The number of benzene rings is 2. The molecule has 0 bridgehead atoms. The first-order chi connectivity index (χ1) is 10.9. The maximum Gasteiger partial charge on any atom is 0.251 e. The van der Waals surface area contributed by atoms with Gasteiger partial charge in [0.05, 0.1) is 6.04 Å². The number of anilines is 1. The number of halogens is 1. The molecule has 23 heavy (non-hydrogen) atoms. The average Bonchev–Trinajstić information content (AvgIpc) is 2.49. The molecule has 1 atom stereocenters. The molecule has 120 valence electrons. The van der Waals surface area contributed by atoms with Gasteiger partial charge >= 0.3 is 0 Å². The first-order valence-electron chi connectivity index (χ1n) is 7.31. The second-order valence-electron chi connectivity index (χ2n) is 5.47. The van der Waals surface area contributed by atoms with Gasteiger partial charge in [-0.3, -0.25) is 9.59 Å². The zero-order valence-corrected chi connectivity index (χ0v) is 13.3. The molecule has 0 saturated carbocycles. The minimum atomic E-state index is -0.405. The summed E-state index contributed by atoms with van der Waals surface area (Å²) in [6, 6.07) is 11.3. The van der Waals surface area contributed by atoms with Crippen LogP contribution in [0.1, 0.15) is 41.4 Å². The largest absolute Gasteiger partial charge is 0.346 e. The third kappa shape index (κ3) is 4.39. The molecule has 0 radical (unpaired) electrons. The number of hydrogen-bond acceptors (Lipinski definition) is 2. The van der Waals surface area contributed by atoms with Gasteiger partial charge < -0.3 is 10.6 Å². The third-order valence-electron chi connectivity index (χ3n) is 3.49. The van der Waals surface area contributed by atoms with Crippen molar-refractivity contribution >= 4 is 17.5 Å². The fraction of sp³-hybridized carbons (Fsp3) is 0.222. The molecule has 0 heterocycles. The van der Waals surface area contributed by atoms with Crippen LogP contribution in [0.4, 0.5) is 10.1 Å². The molecular formula is C18H19FN2O2. The van der Waals surface area contributed by atoms with Crippen LogP contribution in [-0.2, 0) is 4.79 Å². The van der Waals surface area contributed by atoms with Gasteiger partial charge in [0.15, 0.2) is 0 Å². The highest BCUT2D eigenvalue weighted by Gasteiger charge is 2.13. The molecule has 0 unspecified atom stereocenters. The fourth-order valence-corrected chi connectivity index (χ4v) is 2.19. The molecule has 0 spiro atoms. The number of nitrogens with one attached hydrogen (secondary N) is 2. The van der Waals surface area contributed by atoms with Crippen LogP contribution in [0.15, 0.2) is 42.5 Å². The van der Waals surface area contributed by atoms with Crippen LogP contribution in [0.5, 0.6) is 0 Å². The van der Waals surface area contributed by atoms with Crippen molar-refractivity contribution in [1.29, 1.82) is 0 Å². The van der Waals surface area contributed by atoms with Crippen molar-refractivity contribution in [1.82, 2.24) is 5.32 Å². The fourth-order valence-electron chi connectivity index (χ4n) is 2.19. The second kappa shape index (κ2) is 7.05. The lowest BCUT2D eigenvalue weighted by atomic mass is 10.1. The molecule has 0 fully saturated rings. The Morgan fingerprint density at radius 3 is 2.52 bits per heavy atom. The Hall–Kier alpha value is -2.69. The van der Waals surface area contributed by atoms with E-state index in [0.717, 1.165) is 5.56 Å². The van der Waals surface area contributed by atoms with Crippen molar-refractivity contribution in [3.8, 4) is 0 Å². The summed E-state index contributed by atoms with van der Waals surface area (Å²) in [6.07, 6.45) is 0. The number of carbonyl (C=O) groups excluding carboxylic acids is 2. The van der Waals surface area contributed by atoms with Crippen molar-refractivity contribution in [2.24, 2.45) is 0 Å². The quantitative estimate of drug-likeness (QED) is 0.906. The smallest absolute Gasteiger partial charge is 0.251 e. The minimum Gasteiger partial charge on any atom is -0.346 e. The molecule has 2 rings (SSSR count). The molecule has 2 N–H and O–H groups in total. The Balaban J connectivity index is 2.11. The van der Waals surface area contributed by atoms with E-state index >= 15 is 0 Å². The summed E-state index contributed by atoms with van der Waals surface area (Å²) < 4.78 is 13.6. The summed E-state index contributed by atoms with van der Waals surface area (Å²) in [5, 5.41) is 5.52. The maximum absolute atomic E-state index is 13.6. The van der Waals surface area contributed by atoms with E-state index in [1.807, 2.05) is 13.0 Å². The van der Waals surface area contributed by atoms with Gasteiger partial charge in [0, 0.05) is 18.2 Å². The number of rotatable bonds is 4. The summed E-state index contributed by atoms with van der Waals surface area (Å²) in [5.74, 6) is -0.909. The Kier molecular flexibility index (Phi) is 5.11. The van der Waals surface area contributed by atoms with E-state index in [1.54, 1.807) is 37.3 Å². The van der Waals surface area contributed by atoms with Gasteiger partial charge in [0.25, 0.3) is 5.91 Å². The van der Waals surface area contributed by atoms with Crippen molar-refractivity contribution in [3.05, 3.63) is 65.0 Å². The minimum absolute atomic E-state index is 0.158. The summed E-state index contributed by atoms with van der Waals surface area (Å²) in [4.78, 5) is 23.3. The molecule has 5 heteroatoms. The molecule has 2 aromatic rings. The van der Waals surface area contributed by atoms with E-state index in [4.69, 9.17) is 0 Å². The highest BCUT2D eigenvalue weighted by molar-refractivity contribution is 5.94. The van der Waals surface area contributed by atoms with Gasteiger partial charge in [-0.15, -0.1) is 0 Å². The highest BCUT2D eigenvalue weighted by Crippen LogP contribution is 2.18. The lowest BCUT2D eigenvalue weighted by Gasteiger charge is -2.16. The highest BCUT2D eigenvalue weighted by atomic mass is 19.1. The summed E-state index contributed by atoms with van der Waals surface area (Å²) in [7, 11) is 0. The van der Waals surface area contributed by atoms with E-state index < -0.39 is 5.82 Å². The molecule has 0 saturated heterocycles. The van der Waals surface area contributed by atoms with E-state index in [0.29, 0.717) is 11.3 Å². The molecule has 2 amide bonds. The van der Waals surface area contributed by atoms with E-state index in [-0.39, 0.29) is 23.4 Å². The second-order valence-corrected chi connectivity index (χ2v) is 5.47. The Morgan fingerprint density at radius 2 is 1.87 bits per heavy atom.